The zero-order valence-corrected chi connectivity index (χ0v) is 12.9. The molecule has 0 aliphatic carbocycles. The van der Waals surface area contributed by atoms with Gasteiger partial charge in [0, 0.05) is 19.5 Å². The molecule has 0 bridgehead atoms. The number of aldehydes is 1. The molecule has 0 radical (unpaired) electrons. The molecule has 1 aliphatic heterocycles. The monoisotopic (exact) mass is 313 g/mol. The van der Waals surface area contributed by atoms with Crippen molar-refractivity contribution in [2.24, 2.45) is 5.92 Å². The Morgan fingerprint density at radius 1 is 1.38 bits per heavy atom. The summed E-state index contributed by atoms with van der Waals surface area (Å²) in [6, 6.07) is 6.33. The van der Waals surface area contributed by atoms with Gasteiger partial charge in [-0.15, -0.1) is 0 Å². The van der Waals surface area contributed by atoms with Crippen molar-refractivity contribution in [1.82, 2.24) is 4.31 Å². The average molecular weight is 313 g/mol. The van der Waals surface area contributed by atoms with Crippen LogP contribution in [0.15, 0.2) is 24.3 Å². The van der Waals surface area contributed by atoms with Crippen molar-refractivity contribution in [1.29, 1.82) is 0 Å². The molecule has 1 aromatic rings. The predicted molar refractivity (Wildman–Crippen MR) is 79.0 cm³/mol. The van der Waals surface area contributed by atoms with E-state index in [4.69, 9.17) is 0 Å². The van der Waals surface area contributed by atoms with Crippen LogP contribution in [0.25, 0.3) is 0 Å². The number of nitrogens with zero attached hydrogens (tertiary/aromatic N) is 1. The van der Waals surface area contributed by atoms with Crippen molar-refractivity contribution in [2.75, 3.05) is 19.3 Å². The number of sulfonamides is 1. The number of carbonyl (C=O) groups excluding carboxylic acids is 1. The number of carbonyl (C=O) groups is 1. The summed E-state index contributed by atoms with van der Waals surface area (Å²) >= 11 is 0. The van der Waals surface area contributed by atoms with Crippen molar-refractivity contribution in [2.45, 2.75) is 25.2 Å². The number of benzene rings is 1. The molecular weight excluding hydrogens is 293 g/mol. The fourth-order valence-electron chi connectivity index (χ4n) is 3.05. The van der Waals surface area contributed by atoms with Crippen molar-refractivity contribution in [3.05, 3.63) is 35.6 Å². The van der Waals surface area contributed by atoms with Gasteiger partial charge >= 0.3 is 0 Å². The zero-order valence-electron chi connectivity index (χ0n) is 12.0. The van der Waals surface area contributed by atoms with Gasteiger partial charge in [0.25, 0.3) is 0 Å². The zero-order chi connectivity index (χ0) is 15.5. The van der Waals surface area contributed by atoms with E-state index in [0.29, 0.717) is 32.4 Å². The van der Waals surface area contributed by atoms with Crippen molar-refractivity contribution >= 4 is 16.3 Å². The summed E-state index contributed by atoms with van der Waals surface area (Å²) in [5, 5.41) is 0. The van der Waals surface area contributed by atoms with Crippen LogP contribution in [0.3, 0.4) is 0 Å². The maximum Gasteiger partial charge on any atom is 0.211 e. The quantitative estimate of drug-likeness (QED) is 0.783. The molecule has 1 aliphatic rings. The van der Waals surface area contributed by atoms with Gasteiger partial charge in [0.2, 0.25) is 10.0 Å². The van der Waals surface area contributed by atoms with E-state index in [0.717, 1.165) is 11.8 Å². The lowest BCUT2D eigenvalue weighted by molar-refractivity contribution is -0.108. The molecule has 1 aromatic carbocycles. The van der Waals surface area contributed by atoms with Gasteiger partial charge in [-0.2, -0.15) is 0 Å². The Bertz CT molecular complexity index is 595. The molecule has 116 valence electrons. The third kappa shape index (κ3) is 4.11. The summed E-state index contributed by atoms with van der Waals surface area (Å²) in [5.74, 6) is -0.146. The summed E-state index contributed by atoms with van der Waals surface area (Å²) in [7, 11) is -3.15. The number of hydrogen-bond acceptors (Lipinski definition) is 3. The summed E-state index contributed by atoms with van der Waals surface area (Å²) in [6.07, 6.45) is 3.80. The van der Waals surface area contributed by atoms with Crippen LogP contribution in [0.5, 0.6) is 0 Å². The molecule has 1 heterocycles. The minimum absolute atomic E-state index is 0.0417. The first-order valence-electron chi connectivity index (χ1n) is 7.06. The Morgan fingerprint density at radius 2 is 2.05 bits per heavy atom. The van der Waals surface area contributed by atoms with Crippen LogP contribution in [0.2, 0.25) is 0 Å². The van der Waals surface area contributed by atoms with E-state index in [-0.39, 0.29) is 17.7 Å². The summed E-state index contributed by atoms with van der Waals surface area (Å²) in [4.78, 5) is 10.9. The third-order valence-corrected chi connectivity index (χ3v) is 5.47. The second-order valence-electron chi connectivity index (χ2n) is 5.56. The number of hydrogen-bond donors (Lipinski definition) is 0. The van der Waals surface area contributed by atoms with E-state index in [1.54, 1.807) is 6.07 Å². The first kappa shape index (κ1) is 16.1. The Morgan fingerprint density at radius 3 is 2.57 bits per heavy atom. The summed E-state index contributed by atoms with van der Waals surface area (Å²) in [5.41, 5.74) is 0.819. The van der Waals surface area contributed by atoms with Crippen molar-refractivity contribution in [3.8, 4) is 0 Å². The van der Waals surface area contributed by atoms with Crippen LogP contribution in [0.4, 0.5) is 4.39 Å². The Kier molecular flexibility index (Phi) is 5.11. The molecule has 0 unspecified atom stereocenters. The molecule has 1 atom stereocenters. The normalized spacial score (nSPS) is 19.3. The van der Waals surface area contributed by atoms with E-state index in [1.807, 2.05) is 6.07 Å². The van der Waals surface area contributed by atoms with Gasteiger partial charge in [-0.05, 0) is 42.4 Å². The van der Waals surface area contributed by atoms with Gasteiger partial charge in [0.1, 0.15) is 12.1 Å². The second-order valence-corrected chi connectivity index (χ2v) is 7.55. The molecule has 0 aromatic heterocycles. The van der Waals surface area contributed by atoms with Crippen molar-refractivity contribution in [3.63, 3.8) is 0 Å². The Balaban J connectivity index is 2.12. The first-order valence-corrected chi connectivity index (χ1v) is 8.91. The molecule has 21 heavy (non-hydrogen) atoms. The smallest absolute Gasteiger partial charge is 0.211 e. The fourth-order valence-corrected chi connectivity index (χ4v) is 3.93. The minimum atomic E-state index is -3.15. The second kappa shape index (κ2) is 6.66. The molecule has 0 amide bonds. The highest BCUT2D eigenvalue weighted by molar-refractivity contribution is 7.88. The van der Waals surface area contributed by atoms with Gasteiger partial charge in [-0.25, -0.2) is 17.1 Å². The van der Waals surface area contributed by atoms with E-state index in [9.17, 15) is 17.6 Å². The molecule has 1 fully saturated rings. The molecule has 2 rings (SSSR count). The van der Waals surface area contributed by atoms with E-state index in [2.05, 4.69) is 0 Å². The molecule has 6 heteroatoms. The summed E-state index contributed by atoms with van der Waals surface area (Å²) < 4.78 is 37.9. The SMILES string of the molecule is CS(=O)(=O)N1CCC([C@@H](CC=O)c2cccc(F)c2)CC1. The lowest BCUT2D eigenvalue weighted by Gasteiger charge is -2.34. The van der Waals surface area contributed by atoms with Crippen LogP contribution in [0, 0.1) is 11.7 Å². The largest absolute Gasteiger partial charge is 0.303 e. The van der Waals surface area contributed by atoms with Gasteiger partial charge in [0.15, 0.2) is 0 Å². The Hall–Kier alpha value is -1.27. The maximum atomic E-state index is 13.4. The maximum absolute atomic E-state index is 13.4. The molecule has 0 saturated carbocycles. The van der Waals surface area contributed by atoms with Gasteiger partial charge < -0.3 is 4.79 Å². The average Bonchev–Trinajstić information content (AvgIpc) is 2.44. The Labute approximate surface area is 125 Å². The predicted octanol–water partition coefficient (Wildman–Crippen LogP) is 2.17. The van der Waals surface area contributed by atoms with Gasteiger partial charge in [-0.1, -0.05) is 12.1 Å². The first-order chi connectivity index (χ1) is 9.91. The standard InChI is InChI=1S/C15H20FNO3S/c1-21(19,20)17-8-5-12(6-9-17)15(7-10-18)13-3-2-4-14(16)11-13/h2-4,10-12,15H,5-9H2,1H3/t15-/m1/s1. The topological polar surface area (TPSA) is 54.5 Å². The highest BCUT2D eigenvalue weighted by atomic mass is 32.2. The minimum Gasteiger partial charge on any atom is -0.303 e. The summed E-state index contributed by atoms with van der Waals surface area (Å²) in [6.45, 7) is 0.933. The van der Waals surface area contributed by atoms with Crippen LogP contribution in [0.1, 0.15) is 30.7 Å². The number of piperidine rings is 1. The fraction of sp³-hybridized carbons (Fsp3) is 0.533. The third-order valence-electron chi connectivity index (χ3n) is 4.16. The lowest BCUT2D eigenvalue weighted by Crippen LogP contribution is -2.39. The van der Waals surface area contributed by atoms with Crippen LogP contribution >= 0.6 is 0 Å². The number of rotatable bonds is 5. The van der Waals surface area contributed by atoms with E-state index in [1.165, 1.54) is 22.7 Å². The highest BCUT2D eigenvalue weighted by Gasteiger charge is 2.30. The van der Waals surface area contributed by atoms with Crippen LogP contribution in [-0.2, 0) is 14.8 Å². The van der Waals surface area contributed by atoms with E-state index >= 15 is 0 Å². The lowest BCUT2D eigenvalue weighted by atomic mass is 9.79. The van der Waals surface area contributed by atoms with Gasteiger partial charge in [-0.3, -0.25) is 0 Å². The van der Waals surface area contributed by atoms with E-state index < -0.39 is 10.0 Å². The molecule has 0 N–H and O–H groups in total. The molecule has 1 saturated heterocycles. The highest BCUT2D eigenvalue weighted by Crippen LogP contribution is 2.35. The number of halogens is 1. The van der Waals surface area contributed by atoms with Crippen molar-refractivity contribution < 1.29 is 17.6 Å². The molecule has 0 spiro atoms. The molecule has 4 nitrogen and oxygen atoms in total. The molecular formula is C15H20FNO3S. The van der Waals surface area contributed by atoms with Gasteiger partial charge in [0.05, 0.1) is 6.26 Å². The van der Waals surface area contributed by atoms with Crippen LogP contribution < -0.4 is 0 Å². The van der Waals surface area contributed by atoms with Crippen LogP contribution in [-0.4, -0.2) is 38.4 Å².